The zero-order valence-electron chi connectivity index (χ0n) is 19.8. The van der Waals surface area contributed by atoms with Gasteiger partial charge in [-0.25, -0.2) is 4.79 Å². The highest BCUT2D eigenvalue weighted by atomic mass is 16.4. The lowest BCUT2D eigenvalue weighted by Crippen LogP contribution is -2.58. The van der Waals surface area contributed by atoms with Crippen LogP contribution >= 0.6 is 0 Å². The van der Waals surface area contributed by atoms with Crippen molar-refractivity contribution in [2.24, 2.45) is 33.7 Å². The third-order valence-electron chi connectivity index (χ3n) is 4.69. The fraction of sp³-hybridized carbons (Fsp3) is 0.632. The van der Waals surface area contributed by atoms with E-state index >= 15 is 0 Å². The van der Waals surface area contributed by atoms with Crippen LogP contribution in [0.25, 0.3) is 0 Å². The predicted molar refractivity (Wildman–Crippen MR) is 125 cm³/mol. The van der Waals surface area contributed by atoms with Crippen molar-refractivity contribution in [3.8, 4) is 0 Å². The van der Waals surface area contributed by atoms with Crippen molar-refractivity contribution in [3.63, 3.8) is 0 Å². The monoisotopic (exact) mass is 517 g/mol. The average molecular weight is 518 g/mol. The molecule has 5 atom stereocenters. The predicted octanol–water partition coefficient (Wildman–Crippen LogP) is -5.57. The molecule has 0 saturated heterocycles. The van der Waals surface area contributed by atoms with Gasteiger partial charge in [-0.15, -0.1) is 0 Å². The molecular formula is C19H35N9O8. The number of hydrogen-bond acceptors (Lipinski definition) is 9. The van der Waals surface area contributed by atoms with E-state index in [2.05, 4.69) is 20.9 Å². The van der Waals surface area contributed by atoms with Crippen molar-refractivity contribution < 1.29 is 39.0 Å². The van der Waals surface area contributed by atoms with Gasteiger partial charge in [0, 0.05) is 13.0 Å². The Balaban J connectivity index is 5.70. The molecule has 0 heterocycles. The van der Waals surface area contributed by atoms with Gasteiger partial charge in [0.25, 0.3) is 0 Å². The molecule has 0 radical (unpaired) electrons. The molecule has 0 aromatic carbocycles. The number of aliphatic hydroxyl groups excluding tert-OH is 1. The number of aliphatic carboxylic acids is 1. The normalized spacial score (nSPS) is 14.8. The summed E-state index contributed by atoms with van der Waals surface area (Å²) in [6, 6.07) is -5.80. The van der Waals surface area contributed by atoms with Gasteiger partial charge in [0.15, 0.2) is 12.0 Å². The molecule has 0 aliphatic carbocycles. The molecule has 0 saturated carbocycles. The highest BCUT2D eigenvalue weighted by molar-refractivity contribution is 5.95. The van der Waals surface area contributed by atoms with E-state index in [9.17, 15) is 39.0 Å². The number of hydrogen-bond donors (Lipinski definition) is 10. The van der Waals surface area contributed by atoms with Crippen LogP contribution in [0.15, 0.2) is 4.99 Å². The molecular weight excluding hydrogens is 482 g/mol. The quantitative estimate of drug-likeness (QED) is 0.0492. The van der Waals surface area contributed by atoms with Crippen molar-refractivity contribution in [2.45, 2.75) is 69.3 Å². The largest absolute Gasteiger partial charge is 0.480 e. The summed E-state index contributed by atoms with van der Waals surface area (Å²) in [7, 11) is 0. The van der Waals surface area contributed by atoms with E-state index in [1.807, 2.05) is 0 Å². The maximum Gasteiger partial charge on any atom is 0.328 e. The van der Waals surface area contributed by atoms with Gasteiger partial charge in [-0.05, 0) is 26.2 Å². The number of nitrogens with two attached hydrogens (primary N) is 5. The Morgan fingerprint density at radius 3 is 1.83 bits per heavy atom. The summed E-state index contributed by atoms with van der Waals surface area (Å²) >= 11 is 0. The van der Waals surface area contributed by atoms with Crippen molar-refractivity contribution in [3.05, 3.63) is 0 Å². The Labute approximate surface area is 206 Å². The summed E-state index contributed by atoms with van der Waals surface area (Å²) in [4.78, 5) is 75.3. The van der Waals surface area contributed by atoms with Crippen LogP contribution in [0.2, 0.25) is 0 Å². The Hall–Kier alpha value is -3.99. The summed E-state index contributed by atoms with van der Waals surface area (Å²) in [5.74, 6) is -6.17. The molecule has 17 heteroatoms. The molecule has 0 fully saturated rings. The number of nitrogens with one attached hydrogen (secondary N) is 3. The number of carbonyl (C=O) groups is 6. The van der Waals surface area contributed by atoms with Crippen molar-refractivity contribution in [1.29, 1.82) is 0 Å². The van der Waals surface area contributed by atoms with Gasteiger partial charge in [0.2, 0.25) is 29.5 Å². The topological polar surface area (TPSA) is 321 Å². The van der Waals surface area contributed by atoms with Gasteiger partial charge in [0.05, 0.1) is 18.6 Å². The number of carbonyl (C=O) groups excluding carboxylic acids is 5. The number of rotatable bonds is 17. The highest BCUT2D eigenvalue weighted by Gasteiger charge is 2.32. The summed E-state index contributed by atoms with van der Waals surface area (Å²) in [6.45, 7) is 1.22. The van der Waals surface area contributed by atoms with E-state index < -0.39 is 72.2 Å². The molecule has 0 aliphatic rings. The molecule has 36 heavy (non-hydrogen) atoms. The zero-order valence-corrected chi connectivity index (χ0v) is 19.8. The fourth-order valence-electron chi connectivity index (χ4n) is 2.83. The number of carboxylic acids is 1. The second-order valence-electron chi connectivity index (χ2n) is 7.92. The fourth-order valence-corrected chi connectivity index (χ4v) is 2.83. The summed E-state index contributed by atoms with van der Waals surface area (Å²) in [6.07, 6.45) is -2.47. The Kier molecular flexibility index (Phi) is 14.1. The van der Waals surface area contributed by atoms with E-state index in [0.717, 1.165) is 6.92 Å². The third kappa shape index (κ3) is 13.0. The third-order valence-corrected chi connectivity index (χ3v) is 4.69. The standard InChI is InChI=1S/C19H35N9O8/c1-8(29)14(18(35)36)28-17(34)10(3-2-6-25-19(23)24)27-16(33)11(4-5-12(21)30)26-15(32)9(20)7-13(22)31/h8-11,14,29H,2-7,20H2,1H3,(H2,21,30)(H2,22,31)(H,26,32)(H,27,33)(H,28,34)(H,35,36)(H4,23,24,25). The van der Waals surface area contributed by atoms with Crippen LogP contribution in [0.3, 0.4) is 0 Å². The van der Waals surface area contributed by atoms with E-state index in [1.165, 1.54) is 0 Å². The van der Waals surface area contributed by atoms with Crippen LogP contribution < -0.4 is 44.6 Å². The van der Waals surface area contributed by atoms with Gasteiger partial charge < -0.3 is 54.8 Å². The van der Waals surface area contributed by atoms with Gasteiger partial charge in [-0.2, -0.15) is 0 Å². The SMILES string of the molecule is CC(O)C(NC(=O)C(CCCN=C(N)N)NC(=O)C(CCC(N)=O)NC(=O)C(N)CC(N)=O)C(=O)O. The number of aliphatic imine (C=N–C) groups is 1. The van der Waals surface area contributed by atoms with Crippen molar-refractivity contribution in [1.82, 2.24) is 16.0 Å². The van der Waals surface area contributed by atoms with Crippen LogP contribution in [0, 0.1) is 0 Å². The molecule has 204 valence electrons. The maximum absolute atomic E-state index is 12.9. The number of guanidine groups is 1. The molecule has 0 aromatic heterocycles. The minimum Gasteiger partial charge on any atom is -0.480 e. The van der Waals surface area contributed by atoms with Crippen LogP contribution in [-0.4, -0.2) is 88.5 Å². The maximum atomic E-state index is 12.9. The van der Waals surface area contributed by atoms with Gasteiger partial charge in [-0.1, -0.05) is 0 Å². The summed E-state index contributed by atoms with van der Waals surface area (Å²) < 4.78 is 0. The number of aliphatic hydroxyl groups is 1. The van der Waals surface area contributed by atoms with Crippen LogP contribution in [-0.2, 0) is 28.8 Å². The molecule has 5 amide bonds. The molecule has 0 aliphatic heterocycles. The number of primary amides is 2. The molecule has 5 unspecified atom stereocenters. The lowest BCUT2D eigenvalue weighted by Gasteiger charge is -2.25. The second-order valence-corrected chi connectivity index (χ2v) is 7.92. The molecule has 0 aromatic rings. The first-order valence-electron chi connectivity index (χ1n) is 10.8. The Morgan fingerprint density at radius 2 is 1.36 bits per heavy atom. The van der Waals surface area contributed by atoms with Crippen molar-refractivity contribution in [2.75, 3.05) is 6.54 Å². The van der Waals surface area contributed by atoms with E-state index in [1.54, 1.807) is 0 Å². The second kappa shape index (κ2) is 15.8. The van der Waals surface area contributed by atoms with Gasteiger partial charge in [-0.3, -0.25) is 29.0 Å². The highest BCUT2D eigenvalue weighted by Crippen LogP contribution is 2.05. The molecule has 0 spiro atoms. The minimum atomic E-state index is -1.67. The van der Waals surface area contributed by atoms with E-state index in [-0.39, 0.29) is 38.2 Å². The van der Waals surface area contributed by atoms with E-state index in [4.69, 9.17) is 28.7 Å². The minimum absolute atomic E-state index is 0.0713. The van der Waals surface area contributed by atoms with Crippen LogP contribution in [0.4, 0.5) is 0 Å². The smallest absolute Gasteiger partial charge is 0.328 e. The summed E-state index contributed by atoms with van der Waals surface area (Å²) in [5.41, 5.74) is 26.2. The van der Waals surface area contributed by atoms with E-state index in [0.29, 0.717) is 0 Å². The zero-order chi connectivity index (χ0) is 28.0. The van der Waals surface area contributed by atoms with Crippen LogP contribution in [0.1, 0.15) is 39.0 Å². The summed E-state index contributed by atoms with van der Waals surface area (Å²) in [5, 5.41) is 25.6. The van der Waals surface area contributed by atoms with Gasteiger partial charge >= 0.3 is 5.97 Å². The van der Waals surface area contributed by atoms with Crippen LogP contribution in [0.5, 0.6) is 0 Å². The first-order valence-corrected chi connectivity index (χ1v) is 10.8. The lowest BCUT2D eigenvalue weighted by molar-refractivity contribution is -0.145. The Morgan fingerprint density at radius 1 is 0.833 bits per heavy atom. The number of nitrogens with zero attached hydrogens (tertiary/aromatic N) is 1. The number of carboxylic acid groups (broad SMARTS) is 1. The molecule has 15 N–H and O–H groups in total. The average Bonchev–Trinajstić information content (AvgIpc) is 2.75. The van der Waals surface area contributed by atoms with Gasteiger partial charge in [0.1, 0.15) is 12.1 Å². The molecule has 17 nitrogen and oxygen atoms in total. The lowest BCUT2D eigenvalue weighted by atomic mass is 10.1. The molecule has 0 rings (SSSR count). The molecule has 0 bridgehead atoms. The first-order chi connectivity index (χ1) is 16.6. The first kappa shape index (κ1) is 32.0. The number of amides is 5. The Bertz CT molecular complexity index is 845. The van der Waals surface area contributed by atoms with Crippen molar-refractivity contribution >= 4 is 41.5 Å².